The number of carbonyl (C=O) groups excluding carboxylic acids is 1. The molecule has 20 heavy (non-hydrogen) atoms. The number of benzene rings is 1. The van der Waals surface area contributed by atoms with Crippen LogP contribution in [0.1, 0.15) is 5.56 Å². The Morgan fingerprint density at radius 1 is 1.45 bits per heavy atom. The first-order chi connectivity index (χ1) is 9.33. The number of rotatable bonds is 4. The quantitative estimate of drug-likeness (QED) is 0.854. The van der Waals surface area contributed by atoms with Crippen LogP contribution >= 0.6 is 11.8 Å². The molecule has 8 heteroatoms. The van der Waals surface area contributed by atoms with Crippen molar-refractivity contribution in [1.29, 1.82) is 0 Å². The van der Waals surface area contributed by atoms with Crippen LogP contribution in [0.5, 0.6) is 0 Å². The maximum atomic E-state index is 11.9. The minimum absolute atomic E-state index is 0.116. The number of carbonyl (C=O) groups is 1. The van der Waals surface area contributed by atoms with E-state index in [1.165, 1.54) is 0 Å². The molecule has 0 atom stereocenters. The van der Waals surface area contributed by atoms with Crippen LogP contribution in [0.3, 0.4) is 0 Å². The third kappa shape index (κ3) is 4.16. The van der Waals surface area contributed by atoms with Crippen molar-refractivity contribution in [2.45, 2.75) is 18.3 Å². The number of fused-ring (bicyclic) bond motifs is 1. The fourth-order valence-electron chi connectivity index (χ4n) is 1.55. The van der Waals surface area contributed by atoms with E-state index >= 15 is 0 Å². The van der Waals surface area contributed by atoms with Gasteiger partial charge in [0, 0.05) is 0 Å². The van der Waals surface area contributed by atoms with Crippen molar-refractivity contribution in [2.24, 2.45) is 0 Å². The van der Waals surface area contributed by atoms with Gasteiger partial charge in [0.2, 0.25) is 5.91 Å². The summed E-state index contributed by atoms with van der Waals surface area (Å²) in [6.45, 7) is 0.628. The first kappa shape index (κ1) is 14.7. The number of aromatic nitrogens is 2. The van der Waals surface area contributed by atoms with Gasteiger partial charge in [-0.15, -0.1) is 0 Å². The highest BCUT2D eigenvalue weighted by Crippen LogP contribution is 2.20. The van der Waals surface area contributed by atoms with Gasteiger partial charge in [0.1, 0.15) is 6.54 Å². The molecule has 0 aliphatic carbocycles. The predicted octanol–water partition coefficient (Wildman–Crippen LogP) is 2.64. The lowest BCUT2D eigenvalue weighted by molar-refractivity contribution is -0.136. The van der Waals surface area contributed by atoms with Crippen LogP contribution in [0.25, 0.3) is 11.0 Å². The van der Waals surface area contributed by atoms with Gasteiger partial charge in [0.25, 0.3) is 0 Å². The summed E-state index contributed by atoms with van der Waals surface area (Å²) in [7, 11) is 0. The minimum Gasteiger partial charge on any atom is -0.346 e. The summed E-state index contributed by atoms with van der Waals surface area (Å²) in [6, 6.07) is 5.67. The van der Waals surface area contributed by atoms with Crippen LogP contribution in [0.15, 0.2) is 23.4 Å². The number of aromatic amines is 1. The Hall–Kier alpha value is -1.70. The SMILES string of the molecule is Cc1ccc2nc(SCC(=O)NCC(F)(F)F)[nH]c2c1. The lowest BCUT2D eigenvalue weighted by Crippen LogP contribution is -2.34. The summed E-state index contributed by atoms with van der Waals surface area (Å²) in [4.78, 5) is 18.5. The number of H-pyrrole nitrogens is 1. The summed E-state index contributed by atoms with van der Waals surface area (Å²) in [5.74, 6) is -0.793. The molecule has 0 saturated heterocycles. The number of nitrogens with zero attached hydrogens (tertiary/aromatic N) is 1. The summed E-state index contributed by atoms with van der Waals surface area (Å²) >= 11 is 1.06. The minimum atomic E-state index is -4.39. The molecule has 0 fully saturated rings. The molecule has 0 bridgehead atoms. The third-order valence-corrected chi connectivity index (χ3v) is 3.31. The van der Waals surface area contributed by atoms with Crippen molar-refractivity contribution in [3.8, 4) is 0 Å². The van der Waals surface area contributed by atoms with Crippen LogP contribution in [-0.2, 0) is 4.79 Å². The van der Waals surface area contributed by atoms with Gasteiger partial charge in [0.05, 0.1) is 16.8 Å². The second-order valence-electron chi connectivity index (χ2n) is 4.24. The lowest BCUT2D eigenvalue weighted by Gasteiger charge is -2.07. The normalized spacial score (nSPS) is 11.8. The van der Waals surface area contributed by atoms with Gasteiger partial charge in [-0.2, -0.15) is 13.2 Å². The summed E-state index contributed by atoms with van der Waals surface area (Å²) < 4.78 is 35.7. The highest BCUT2D eigenvalue weighted by atomic mass is 32.2. The zero-order valence-electron chi connectivity index (χ0n) is 10.5. The van der Waals surface area contributed by atoms with Gasteiger partial charge in [-0.3, -0.25) is 4.79 Å². The van der Waals surface area contributed by atoms with Gasteiger partial charge < -0.3 is 10.3 Å². The highest BCUT2D eigenvalue weighted by Gasteiger charge is 2.27. The third-order valence-electron chi connectivity index (χ3n) is 2.44. The van der Waals surface area contributed by atoms with E-state index < -0.39 is 18.6 Å². The van der Waals surface area contributed by atoms with Crippen molar-refractivity contribution in [2.75, 3.05) is 12.3 Å². The monoisotopic (exact) mass is 303 g/mol. The number of nitrogens with one attached hydrogen (secondary N) is 2. The van der Waals surface area contributed by atoms with Gasteiger partial charge in [-0.05, 0) is 24.6 Å². The smallest absolute Gasteiger partial charge is 0.346 e. The maximum Gasteiger partial charge on any atom is 0.405 e. The molecule has 0 aliphatic heterocycles. The molecule has 0 radical (unpaired) electrons. The number of thioether (sulfide) groups is 1. The Balaban J connectivity index is 1.91. The molecule has 2 aromatic rings. The molecular weight excluding hydrogens is 291 g/mol. The van der Waals surface area contributed by atoms with E-state index in [-0.39, 0.29) is 5.75 Å². The molecule has 0 aliphatic rings. The fourth-order valence-corrected chi connectivity index (χ4v) is 2.27. The van der Waals surface area contributed by atoms with E-state index in [1.807, 2.05) is 30.4 Å². The Kier molecular flexibility index (Phi) is 4.22. The zero-order chi connectivity index (χ0) is 14.8. The van der Waals surface area contributed by atoms with E-state index in [0.29, 0.717) is 5.16 Å². The van der Waals surface area contributed by atoms with E-state index in [9.17, 15) is 18.0 Å². The number of hydrogen-bond acceptors (Lipinski definition) is 3. The van der Waals surface area contributed by atoms with Crippen LogP contribution in [-0.4, -0.2) is 34.3 Å². The number of amides is 1. The lowest BCUT2D eigenvalue weighted by atomic mass is 10.2. The van der Waals surface area contributed by atoms with Gasteiger partial charge in [-0.25, -0.2) is 4.98 Å². The van der Waals surface area contributed by atoms with Crippen molar-refractivity contribution in [3.63, 3.8) is 0 Å². The molecule has 1 aromatic carbocycles. The van der Waals surface area contributed by atoms with E-state index in [4.69, 9.17) is 0 Å². The van der Waals surface area contributed by atoms with Crippen LogP contribution < -0.4 is 5.32 Å². The van der Waals surface area contributed by atoms with E-state index in [2.05, 4.69) is 9.97 Å². The second kappa shape index (κ2) is 5.74. The molecule has 0 saturated carbocycles. The summed E-state index contributed by atoms with van der Waals surface area (Å²) in [6.07, 6.45) is -4.39. The average Bonchev–Trinajstić information content (AvgIpc) is 2.75. The molecule has 0 unspecified atom stereocenters. The van der Waals surface area contributed by atoms with E-state index in [1.54, 1.807) is 0 Å². The van der Waals surface area contributed by atoms with Crippen molar-refractivity contribution >= 4 is 28.7 Å². The predicted molar refractivity (Wildman–Crippen MR) is 70.6 cm³/mol. The van der Waals surface area contributed by atoms with Crippen LogP contribution in [0.2, 0.25) is 0 Å². The Morgan fingerprint density at radius 2 is 2.20 bits per heavy atom. The van der Waals surface area contributed by atoms with Gasteiger partial charge in [0.15, 0.2) is 5.16 Å². The first-order valence-electron chi connectivity index (χ1n) is 5.76. The maximum absolute atomic E-state index is 11.9. The molecular formula is C12H12F3N3OS. The van der Waals surface area contributed by atoms with Gasteiger partial charge in [-0.1, -0.05) is 17.8 Å². The number of hydrogen-bond donors (Lipinski definition) is 2. The van der Waals surface area contributed by atoms with Crippen LogP contribution in [0, 0.1) is 6.92 Å². The standard InChI is InChI=1S/C12H12F3N3OS/c1-7-2-3-8-9(4-7)18-11(17-8)20-5-10(19)16-6-12(13,14)15/h2-4H,5-6H2,1H3,(H,16,19)(H,17,18). The number of aryl methyl sites for hydroxylation is 1. The number of imidazole rings is 1. The molecule has 1 aromatic heterocycles. The zero-order valence-corrected chi connectivity index (χ0v) is 11.4. The van der Waals surface area contributed by atoms with Gasteiger partial charge >= 0.3 is 6.18 Å². The Morgan fingerprint density at radius 3 is 2.90 bits per heavy atom. The fraction of sp³-hybridized carbons (Fsp3) is 0.333. The van der Waals surface area contributed by atoms with Crippen molar-refractivity contribution in [3.05, 3.63) is 23.8 Å². The van der Waals surface area contributed by atoms with Crippen LogP contribution in [0.4, 0.5) is 13.2 Å². The topological polar surface area (TPSA) is 57.8 Å². The highest BCUT2D eigenvalue weighted by molar-refractivity contribution is 7.99. The largest absolute Gasteiger partial charge is 0.405 e. The summed E-state index contributed by atoms with van der Waals surface area (Å²) in [5.41, 5.74) is 2.66. The number of alkyl halides is 3. The molecule has 0 spiro atoms. The molecule has 2 N–H and O–H groups in total. The first-order valence-corrected chi connectivity index (χ1v) is 6.75. The number of halogens is 3. The molecule has 108 valence electrons. The molecule has 1 heterocycles. The Labute approximate surface area is 117 Å². The molecule has 1 amide bonds. The molecule has 4 nitrogen and oxygen atoms in total. The Bertz CT molecular complexity index is 624. The van der Waals surface area contributed by atoms with Crippen molar-refractivity contribution in [1.82, 2.24) is 15.3 Å². The second-order valence-corrected chi connectivity index (χ2v) is 5.21. The molecule has 2 rings (SSSR count). The van der Waals surface area contributed by atoms with Crippen molar-refractivity contribution < 1.29 is 18.0 Å². The average molecular weight is 303 g/mol. The summed E-state index contributed by atoms with van der Waals surface area (Å²) in [5, 5.41) is 2.32. The van der Waals surface area contributed by atoms with E-state index in [0.717, 1.165) is 28.4 Å².